The fraction of sp³-hybridized carbons (Fsp3) is 0.462. The van der Waals surface area contributed by atoms with Gasteiger partial charge in [0.1, 0.15) is 0 Å². The van der Waals surface area contributed by atoms with Crippen LogP contribution in [0.2, 0.25) is 10.0 Å². The third-order valence-electron chi connectivity index (χ3n) is 3.67. The summed E-state index contributed by atoms with van der Waals surface area (Å²) in [6.45, 7) is 0.435. The zero-order chi connectivity index (χ0) is 15.2. The molecule has 1 atom stereocenters. The number of rotatable bonds is 4. The molecule has 1 saturated heterocycles. The number of benzene rings is 1. The summed E-state index contributed by atoms with van der Waals surface area (Å²) in [6.07, 6.45) is 2.23. The van der Waals surface area contributed by atoms with E-state index in [1.54, 1.807) is 4.90 Å². The third kappa shape index (κ3) is 3.18. The first-order chi connectivity index (χ1) is 9.87. The summed E-state index contributed by atoms with van der Waals surface area (Å²) in [5.74, 6) is 0.0133. The highest BCUT2D eigenvalue weighted by molar-refractivity contribution is 7.89. The van der Waals surface area contributed by atoms with Gasteiger partial charge in [-0.1, -0.05) is 23.2 Å². The lowest BCUT2D eigenvalue weighted by molar-refractivity contribution is -0.128. The molecule has 1 aliphatic carbocycles. The van der Waals surface area contributed by atoms with Gasteiger partial charge in [0.2, 0.25) is 15.9 Å². The first-order valence-electron chi connectivity index (χ1n) is 6.63. The molecule has 1 heterocycles. The van der Waals surface area contributed by atoms with Crippen LogP contribution in [0.4, 0.5) is 0 Å². The zero-order valence-corrected chi connectivity index (χ0v) is 13.4. The van der Waals surface area contributed by atoms with Crippen LogP contribution in [-0.2, 0) is 14.8 Å². The number of likely N-dealkylation sites (tertiary alicyclic amines) is 1. The summed E-state index contributed by atoms with van der Waals surface area (Å²) in [7, 11) is -3.71. The van der Waals surface area contributed by atoms with E-state index < -0.39 is 16.1 Å². The lowest BCUT2D eigenvalue weighted by Crippen LogP contribution is -2.37. The lowest BCUT2D eigenvalue weighted by atomic mass is 10.3. The van der Waals surface area contributed by atoms with Gasteiger partial charge in [0.15, 0.2) is 0 Å². The molecule has 114 valence electrons. The predicted octanol–water partition coefficient (Wildman–Crippen LogP) is 2.04. The molecule has 1 aliphatic heterocycles. The molecule has 2 aliphatic rings. The van der Waals surface area contributed by atoms with Gasteiger partial charge >= 0.3 is 0 Å². The van der Waals surface area contributed by atoms with Gasteiger partial charge in [0.05, 0.1) is 14.9 Å². The molecule has 8 heteroatoms. The number of sulfonamides is 1. The molecule has 3 rings (SSSR count). The third-order valence-corrected chi connectivity index (χ3v) is 5.93. The highest BCUT2D eigenvalue weighted by Crippen LogP contribution is 2.31. The van der Waals surface area contributed by atoms with Crippen LogP contribution in [0, 0.1) is 0 Å². The van der Waals surface area contributed by atoms with Gasteiger partial charge in [0, 0.05) is 25.0 Å². The summed E-state index contributed by atoms with van der Waals surface area (Å²) in [5, 5.41) is 0.480. The van der Waals surface area contributed by atoms with Crippen LogP contribution in [0.15, 0.2) is 23.1 Å². The van der Waals surface area contributed by atoms with Gasteiger partial charge in [-0.05, 0) is 31.0 Å². The normalized spacial score (nSPS) is 22.9. The van der Waals surface area contributed by atoms with Gasteiger partial charge in [-0.2, -0.15) is 0 Å². The fourth-order valence-electron chi connectivity index (χ4n) is 2.48. The number of hydrogen-bond acceptors (Lipinski definition) is 3. The number of nitrogens with one attached hydrogen (secondary N) is 1. The molecule has 1 unspecified atom stereocenters. The molecule has 1 aromatic carbocycles. The van der Waals surface area contributed by atoms with E-state index >= 15 is 0 Å². The summed E-state index contributed by atoms with van der Waals surface area (Å²) in [4.78, 5) is 13.7. The van der Waals surface area contributed by atoms with E-state index in [2.05, 4.69) is 4.72 Å². The molecule has 5 nitrogen and oxygen atoms in total. The molecule has 21 heavy (non-hydrogen) atoms. The predicted molar refractivity (Wildman–Crippen MR) is 79.9 cm³/mol. The van der Waals surface area contributed by atoms with E-state index in [-0.39, 0.29) is 22.2 Å². The second-order valence-corrected chi connectivity index (χ2v) is 7.90. The fourth-order valence-corrected chi connectivity index (χ4v) is 4.10. The van der Waals surface area contributed by atoms with Crippen LogP contribution < -0.4 is 4.72 Å². The molecular weight excluding hydrogens is 335 g/mol. The number of nitrogens with zero attached hydrogens (tertiary/aromatic N) is 1. The highest BCUT2D eigenvalue weighted by atomic mass is 35.5. The first kappa shape index (κ1) is 15.1. The monoisotopic (exact) mass is 348 g/mol. The van der Waals surface area contributed by atoms with Gasteiger partial charge < -0.3 is 4.90 Å². The maximum absolute atomic E-state index is 12.3. The number of carbonyl (C=O) groups excluding carboxylic acids is 1. The van der Waals surface area contributed by atoms with E-state index in [4.69, 9.17) is 23.2 Å². The second-order valence-electron chi connectivity index (χ2n) is 5.38. The standard InChI is InChI=1S/C13H14Cl2N2O3S/c14-11-4-3-10(6-12(11)15)21(19,20)16-8-5-13(18)17(7-8)9-1-2-9/h3-4,6,8-9,16H,1-2,5,7H2. The smallest absolute Gasteiger partial charge is 0.240 e. The summed E-state index contributed by atoms with van der Waals surface area (Å²) >= 11 is 11.6. The van der Waals surface area contributed by atoms with Crippen LogP contribution in [0.5, 0.6) is 0 Å². The molecule has 1 saturated carbocycles. The Morgan fingerprint density at radius 1 is 1.19 bits per heavy atom. The van der Waals surface area contributed by atoms with E-state index in [9.17, 15) is 13.2 Å². The molecular formula is C13H14Cl2N2O3S. The Kier molecular flexibility index (Phi) is 3.90. The van der Waals surface area contributed by atoms with Crippen molar-refractivity contribution in [2.75, 3.05) is 6.54 Å². The Hall–Kier alpha value is -0.820. The summed E-state index contributed by atoms with van der Waals surface area (Å²) in [5.41, 5.74) is 0. The largest absolute Gasteiger partial charge is 0.338 e. The van der Waals surface area contributed by atoms with Crippen molar-refractivity contribution in [3.63, 3.8) is 0 Å². The number of carbonyl (C=O) groups is 1. The number of halogens is 2. The van der Waals surface area contributed by atoms with Crippen molar-refractivity contribution in [2.24, 2.45) is 0 Å². The Bertz CT molecular complexity index is 689. The van der Waals surface area contributed by atoms with Crippen molar-refractivity contribution in [1.29, 1.82) is 0 Å². The SMILES string of the molecule is O=C1CC(NS(=O)(=O)c2ccc(Cl)c(Cl)c2)CN1C1CC1. The average Bonchev–Trinajstić information content (AvgIpc) is 3.17. The van der Waals surface area contributed by atoms with Crippen LogP contribution in [0.3, 0.4) is 0 Å². The van der Waals surface area contributed by atoms with Crippen LogP contribution in [0.25, 0.3) is 0 Å². The average molecular weight is 349 g/mol. The second kappa shape index (κ2) is 5.43. The Labute approximate surface area is 133 Å². The van der Waals surface area contributed by atoms with Crippen LogP contribution in [-0.4, -0.2) is 37.9 Å². The molecule has 0 aromatic heterocycles. The van der Waals surface area contributed by atoms with Crippen molar-refractivity contribution >= 4 is 39.1 Å². The van der Waals surface area contributed by atoms with Crippen molar-refractivity contribution in [3.8, 4) is 0 Å². The molecule has 1 aromatic rings. The van der Waals surface area contributed by atoms with Gasteiger partial charge in [0.25, 0.3) is 0 Å². The molecule has 0 radical (unpaired) electrons. The number of hydrogen-bond donors (Lipinski definition) is 1. The molecule has 2 fully saturated rings. The van der Waals surface area contributed by atoms with Gasteiger partial charge in [-0.15, -0.1) is 0 Å². The maximum atomic E-state index is 12.3. The van der Waals surface area contributed by atoms with E-state index in [0.717, 1.165) is 12.8 Å². The van der Waals surface area contributed by atoms with Crippen molar-refractivity contribution in [2.45, 2.75) is 36.2 Å². The zero-order valence-electron chi connectivity index (χ0n) is 11.1. The Morgan fingerprint density at radius 3 is 2.52 bits per heavy atom. The maximum Gasteiger partial charge on any atom is 0.240 e. The topological polar surface area (TPSA) is 66.5 Å². The number of amides is 1. The Balaban J connectivity index is 1.74. The molecule has 1 amide bonds. The van der Waals surface area contributed by atoms with E-state index in [1.165, 1.54) is 18.2 Å². The minimum atomic E-state index is -3.71. The van der Waals surface area contributed by atoms with Crippen LogP contribution >= 0.6 is 23.2 Å². The summed E-state index contributed by atoms with van der Waals surface area (Å²) < 4.78 is 27.2. The minimum Gasteiger partial charge on any atom is -0.338 e. The van der Waals surface area contributed by atoms with Gasteiger partial charge in [-0.3, -0.25) is 4.79 Å². The Morgan fingerprint density at radius 2 is 1.90 bits per heavy atom. The van der Waals surface area contributed by atoms with Crippen molar-refractivity contribution < 1.29 is 13.2 Å². The van der Waals surface area contributed by atoms with Gasteiger partial charge in [-0.25, -0.2) is 13.1 Å². The van der Waals surface area contributed by atoms with E-state index in [1.807, 2.05) is 0 Å². The van der Waals surface area contributed by atoms with Crippen LogP contribution in [0.1, 0.15) is 19.3 Å². The molecule has 1 N–H and O–H groups in total. The summed E-state index contributed by atoms with van der Waals surface area (Å²) in [6, 6.07) is 4.05. The molecule has 0 bridgehead atoms. The quantitative estimate of drug-likeness (QED) is 0.905. The van der Waals surface area contributed by atoms with E-state index in [0.29, 0.717) is 17.6 Å². The lowest BCUT2D eigenvalue weighted by Gasteiger charge is -2.16. The first-order valence-corrected chi connectivity index (χ1v) is 8.87. The van der Waals surface area contributed by atoms with Crippen molar-refractivity contribution in [1.82, 2.24) is 9.62 Å². The van der Waals surface area contributed by atoms with Crippen molar-refractivity contribution in [3.05, 3.63) is 28.2 Å². The highest BCUT2D eigenvalue weighted by Gasteiger charge is 2.40. The minimum absolute atomic E-state index is 0.0133. The molecule has 0 spiro atoms.